The number of anilines is 1. The minimum atomic E-state index is -4.52. The molecule has 0 saturated carbocycles. The fourth-order valence-corrected chi connectivity index (χ4v) is 3.15. The minimum absolute atomic E-state index is 0.0362. The van der Waals surface area contributed by atoms with Gasteiger partial charge in [0.2, 0.25) is 5.95 Å². The first kappa shape index (κ1) is 15.1. The van der Waals surface area contributed by atoms with E-state index in [1.807, 2.05) is 0 Å². The molecular weight excluding hydrogens is 320 g/mol. The van der Waals surface area contributed by atoms with E-state index in [9.17, 15) is 13.8 Å². The molecule has 10 nitrogen and oxygen atoms in total. The van der Waals surface area contributed by atoms with Crippen LogP contribution in [-0.4, -0.2) is 47.4 Å². The molecule has 22 heavy (non-hydrogen) atoms. The predicted octanol–water partition coefficient (Wildman–Crippen LogP) is -0.667. The molecule has 3 atom stereocenters. The van der Waals surface area contributed by atoms with Crippen LogP contribution < -0.4 is 11.3 Å². The SMILES string of the molecule is Nc1nc2c(ncn2C[C@H]2O[C@H](P(=O)(O)O)C[C@@H]2F)c(=O)[nH]1. The van der Waals surface area contributed by atoms with Crippen LogP contribution in [0.3, 0.4) is 0 Å². The summed E-state index contributed by atoms with van der Waals surface area (Å²) in [5, 5.41) is 0. The molecule has 0 spiro atoms. The number of nitrogens with two attached hydrogens (primary N) is 1. The van der Waals surface area contributed by atoms with Crippen LogP contribution in [0.4, 0.5) is 10.3 Å². The number of halogens is 1. The summed E-state index contributed by atoms with van der Waals surface area (Å²) in [7, 11) is -4.52. The smallest absolute Gasteiger partial charge is 0.354 e. The zero-order valence-corrected chi connectivity index (χ0v) is 12.0. The third-order valence-corrected chi connectivity index (χ3v) is 4.49. The van der Waals surface area contributed by atoms with Crippen LogP contribution in [0.2, 0.25) is 0 Å². The van der Waals surface area contributed by atoms with E-state index in [0.29, 0.717) is 0 Å². The lowest BCUT2D eigenvalue weighted by atomic mass is 10.2. The summed E-state index contributed by atoms with van der Waals surface area (Å²) in [4.78, 5) is 39.8. The molecule has 0 bridgehead atoms. The number of nitrogen functional groups attached to an aromatic ring is 1. The maximum atomic E-state index is 13.9. The van der Waals surface area contributed by atoms with E-state index >= 15 is 0 Å². The number of hydrogen-bond donors (Lipinski definition) is 4. The average Bonchev–Trinajstić information content (AvgIpc) is 2.95. The molecule has 3 heterocycles. The molecule has 5 N–H and O–H groups in total. The van der Waals surface area contributed by atoms with Gasteiger partial charge in [0.25, 0.3) is 5.56 Å². The topological polar surface area (TPSA) is 156 Å². The molecular formula is C10H13FN5O5P. The van der Waals surface area contributed by atoms with E-state index in [4.69, 9.17) is 20.3 Å². The van der Waals surface area contributed by atoms with E-state index in [-0.39, 0.29) is 23.7 Å². The van der Waals surface area contributed by atoms with Gasteiger partial charge in [-0.15, -0.1) is 0 Å². The Hall–Kier alpha value is -1.81. The van der Waals surface area contributed by atoms with E-state index in [0.717, 1.165) is 0 Å². The molecule has 0 aromatic carbocycles. The summed E-state index contributed by atoms with van der Waals surface area (Å²) >= 11 is 0. The first-order chi connectivity index (χ1) is 10.3. The zero-order valence-electron chi connectivity index (χ0n) is 11.1. The highest BCUT2D eigenvalue weighted by molar-refractivity contribution is 7.52. The van der Waals surface area contributed by atoms with Gasteiger partial charge in [-0.3, -0.25) is 14.3 Å². The Labute approximate surface area is 122 Å². The van der Waals surface area contributed by atoms with Gasteiger partial charge in [-0.25, -0.2) is 9.37 Å². The second-order valence-electron chi connectivity index (χ2n) is 4.99. The van der Waals surface area contributed by atoms with E-state index in [1.54, 1.807) is 0 Å². The van der Waals surface area contributed by atoms with Gasteiger partial charge in [0.05, 0.1) is 12.9 Å². The molecule has 3 rings (SSSR count). The number of imidazole rings is 1. The number of H-pyrrole nitrogens is 1. The second kappa shape index (κ2) is 5.13. The summed E-state index contributed by atoms with van der Waals surface area (Å²) in [5.41, 5.74) is 5.11. The van der Waals surface area contributed by atoms with Gasteiger partial charge in [0.15, 0.2) is 17.0 Å². The van der Waals surface area contributed by atoms with Crippen molar-refractivity contribution in [2.45, 2.75) is 31.1 Å². The van der Waals surface area contributed by atoms with Crippen molar-refractivity contribution < 1.29 is 23.5 Å². The number of nitrogens with zero attached hydrogens (tertiary/aromatic N) is 3. The summed E-state index contributed by atoms with van der Waals surface area (Å²) in [6.07, 6.45) is -1.74. The lowest BCUT2D eigenvalue weighted by molar-refractivity contribution is 0.0400. The first-order valence-corrected chi connectivity index (χ1v) is 7.99. The molecule has 120 valence electrons. The number of hydrogen-bond acceptors (Lipinski definition) is 6. The molecule has 0 aliphatic carbocycles. The lowest BCUT2D eigenvalue weighted by Gasteiger charge is -2.15. The Morgan fingerprint density at radius 2 is 2.32 bits per heavy atom. The minimum Gasteiger partial charge on any atom is -0.369 e. The molecule has 2 aromatic rings. The highest BCUT2D eigenvalue weighted by atomic mass is 31.2. The van der Waals surface area contributed by atoms with Crippen LogP contribution in [0.15, 0.2) is 11.1 Å². The van der Waals surface area contributed by atoms with Crippen molar-refractivity contribution in [3.05, 3.63) is 16.7 Å². The number of aromatic nitrogens is 4. The third-order valence-electron chi connectivity index (χ3n) is 3.41. The average molecular weight is 333 g/mol. The Balaban J connectivity index is 1.88. The Kier molecular flexibility index (Phi) is 3.52. The van der Waals surface area contributed by atoms with Crippen LogP contribution in [-0.2, 0) is 15.8 Å². The molecule has 12 heteroatoms. The molecule has 1 fully saturated rings. The van der Waals surface area contributed by atoms with Gasteiger partial charge in [-0.1, -0.05) is 0 Å². The molecule has 2 aromatic heterocycles. The maximum Gasteiger partial charge on any atom is 0.354 e. The van der Waals surface area contributed by atoms with Crippen LogP contribution in [0.1, 0.15) is 6.42 Å². The first-order valence-electron chi connectivity index (χ1n) is 6.31. The lowest BCUT2D eigenvalue weighted by Crippen LogP contribution is -2.24. The largest absolute Gasteiger partial charge is 0.369 e. The standard InChI is InChI=1S/C10H13FN5O5P/c11-4-1-6(22(18,19)20)21-5(4)2-16-3-13-7-8(16)14-10(12)15-9(7)17/h3-6H,1-2H2,(H2,18,19,20)(H3,12,14,15,17)/t4-,5+,6+/m0/s1. The van der Waals surface area contributed by atoms with Crippen molar-refractivity contribution in [1.82, 2.24) is 19.5 Å². The van der Waals surface area contributed by atoms with Crippen LogP contribution in [0.5, 0.6) is 0 Å². The van der Waals surface area contributed by atoms with Crippen LogP contribution in [0.25, 0.3) is 11.2 Å². The predicted molar refractivity (Wildman–Crippen MR) is 72.8 cm³/mol. The van der Waals surface area contributed by atoms with Crippen molar-refractivity contribution >= 4 is 24.7 Å². The van der Waals surface area contributed by atoms with Crippen molar-refractivity contribution in [2.75, 3.05) is 5.73 Å². The summed E-state index contributed by atoms with van der Waals surface area (Å²) in [6, 6.07) is 0. The summed E-state index contributed by atoms with van der Waals surface area (Å²) in [5.74, 6) is -1.58. The summed E-state index contributed by atoms with van der Waals surface area (Å²) < 4.78 is 31.5. The van der Waals surface area contributed by atoms with E-state index < -0.39 is 37.7 Å². The Morgan fingerprint density at radius 3 is 2.95 bits per heavy atom. The number of rotatable bonds is 3. The fraction of sp³-hybridized carbons (Fsp3) is 0.500. The number of ether oxygens (including phenoxy) is 1. The Morgan fingerprint density at radius 1 is 1.59 bits per heavy atom. The molecule has 0 unspecified atom stereocenters. The quantitative estimate of drug-likeness (QED) is 0.539. The van der Waals surface area contributed by atoms with Gasteiger partial charge >= 0.3 is 7.60 Å². The van der Waals surface area contributed by atoms with Gasteiger partial charge in [-0.05, 0) is 0 Å². The number of alkyl halides is 1. The molecule has 0 radical (unpaired) electrons. The van der Waals surface area contributed by atoms with Gasteiger partial charge in [0, 0.05) is 6.42 Å². The highest BCUT2D eigenvalue weighted by Crippen LogP contribution is 2.48. The highest BCUT2D eigenvalue weighted by Gasteiger charge is 2.44. The second-order valence-corrected chi connectivity index (χ2v) is 6.74. The van der Waals surface area contributed by atoms with Gasteiger partial charge < -0.3 is 24.8 Å². The van der Waals surface area contributed by atoms with Gasteiger partial charge in [-0.2, -0.15) is 4.98 Å². The Bertz CT molecular complexity index is 816. The molecule has 0 amide bonds. The van der Waals surface area contributed by atoms with E-state index in [1.165, 1.54) is 10.9 Å². The maximum absolute atomic E-state index is 13.9. The third kappa shape index (κ3) is 2.63. The van der Waals surface area contributed by atoms with Crippen molar-refractivity contribution in [3.63, 3.8) is 0 Å². The fourth-order valence-electron chi connectivity index (χ4n) is 2.36. The van der Waals surface area contributed by atoms with Gasteiger partial charge in [0.1, 0.15) is 12.3 Å². The molecule has 1 saturated heterocycles. The summed E-state index contributed by atoms with van der Waals surface area (Å²) in [6.45, 7) is -0.0932. The number of nitrogens with one attached hydrogen (secondary N) is 1. The van der Waals surface area contributed by atoms with Crippen molar-refractivity contribution in [1.29, 1.82) is 0 Å². The zero-order chi connectivity index (χ0) is 16.1. The van der Waals surface area contributed by atoms with E-state index in [2.05, 4.69) is 15.0 Å². The van der Waals surface area contributed by atoms with Crippen molar-refractivity contribution in [2.24, 2.45) is 0 Å². The number of aromatic amines is 1. The van der Waals surface area contributed by atoms with Crippen molar-refractivity contribution in [3.8, 4) is 0 Å². The molecule has 1 aliphatic rings. The van der Waals surface area contributed by atoms with Crippen LogP contribution in [0, 0.1) is 0 Å². The normalized spacial score (nSPS) is 25.9. The monoisotopic (exact) mass is 333 g/mol. The molecule has 1 aliphatic heterocycles. The van der Waals surface area contributed by atoms with Crippen LogP contribution >= 0.6 is 7.60 Å². The number of fused-ring (bicyclic) bond motifs is 1.